The predicted octanol–water partition coefficient (Wildman–Crippen LogP) is -0.130. The zero-order valence-corrected chi connectivity index (χ0v) is 7.20. The Morgan fingerprint density at radius 3 is 2.40 bits per heavy atom. The zero-order chi connectivity index (χ0) is 8.15. The minimum Gasteiger partial charge on any atom is -0.341 e. The summed E-state index contributed by atoms with van der Waals surface area (Å²) in [5, 5.41) is 0. The van der Waals surface area contributed by atoms with Crippen LogP contribution < -0.4 is 0 Å². The molecule has 0 aromatic carbocycles. The molecule has 0 radical (unpaired) electrons. The molecular formula is C6H11NO2S. The molecule has 0 saturated carbocycles. The molecule has 4 heteroatoms. The van der Waals surface area contributed by atoms with Crippen molar-refractivity contribution in [2.45, 2.75) is 13.8 Å². The molecule has 10 heavy (non-hydrogen) atoms. The summed E-state index contributed by atoms with van der Waals surface area (Å²) >= 11 is 0.252. The van der Waals surface area contributed by atoms with Crippen LogP contribution in [-0.4, -0.2) is 33.5 Å². The molecule has 0 bridgehead atoms. The molecule has 0 atom stereocenters. The molecule has 0 rings (SSSR count). The van der Waals surface area contributed by atoms with Crippen molar-refractivity contribution in [3.63, 3.8) is 0 Å². The number of nitrogens with zero attached hydrogens (tertiary/aromatic N) is 1. The maximum Gasteiger partial charge on any atom is 0.262 e. The third kappa shape index (κ3) is 2.31. The monoisotopic (exact) mass is 161 g/mol. The summed E-state index contributed by atoms with van der Waals surface area (Å²) in [7, 11) is 1.67. The highest BCUT2D eigenvalue weighted by Crippen LogP contribution is 1.84. The molecule has 0 fully saturated rings. The normalized spacial score (nSPS) is 8.70. The van der Waals surface area contributed by atoms with E-state index in [4.69, 9.17) is 0 Å². The summed E-state index contributed by atoms with van der Waals surface area (Å²) in [6.45, 7) is 4.03. The van der Waals surface area contributed by atoms with Crippen LogP contribution in [0, 0.1) is 0 Å². The molecule has 0 spiro atoms. The maximum atomic E-state index is 11.0. The largest absolute Gasteiger partial charge is 0.341 e. The SMILES string of the molecule is CCN(C)C(=O)C(C)=S=O. The fourth-order valence-corrected chi connectivity index (χ4v) is 0.675. The maximum absolute atomic E-state index is 11.0. The van der Waals surface area contributed by atoms with Crippen molar-refractivity contribution in [3.8, 4) is 0 Å². The van der Waals surface area contributed by atoms with Gasteiger partial charge in [0.25, 0.3) is 5.91 Å². The second kappa shape index (κ2) is 4.22. The standard InChI is InChI=1S/C6H11NO2S/c1-4-7(3)6(8)5(2)10-9/h4H2,1-3H3. The number of carbonyl (C=O) groups excluding carboxylic acids is 1. The van der Waals surface area contributed by atoms with E-state index in [1.165, 1.54) is 11.8 Å². The van der Waals surface area contributed by atoms with Crippen molar-refractivity contribution in [1.82, 2.24) is 4.90 Å². The Hall–Kier alpha value is -0.640. The molecule has 0 unspecified atom stereocenters. The van der Waals surface area contributed by atoms with Gasteiger partial charge in [0.15, 0.2) is 0 Å². The highest BCUT2D eigenvalue weighted by atomic mass is 32.1. The Labute approximate surface area is 64.1 Å². The van der Waals surface area contributed by atoms with E-state index in [0.29, 0.717) is 11.4 Å². The van der Waals surface area contributed by atoms with Crippen molar-refractivity contribution in [1.29, 1.82) is 0 Å². The minimum atomic E-state index is -0.178. The minimum absolute atomic E-state index is 0.178. The molecule has 0 aliphatic heterocycles. The third-order valence-corrected chi connectivity index (χ3v) is 1.67. The molecule has 0 aromatic rings. The van der Waals surface area contributed by atoms with Crippen LogP contribution in [0.25, 0.3) is 0 Å². The van der Waals surface area contributed by atoms with Crippen molar-refractivity contribution >= 4 is 22.0 Å². The van der Waals surface area contributed by atoms with E-state index in [0.717, 1.165) is 0 Å². The van der Waals surface area contributed by atoms with Gasteiger partial charge in [-0.25, -0.2) is 4.21 Å². The van der Waals surface area contributed by atoms with E-state index in [2.05, 4.69) is 0 Å². The van der Waals surface area contributed by atoms with Crippen LogP contribution in [0.4, 0.5) is 0 Å². The van der Waals surface area contributed by atoms with Crippen molar-refractivity contribution < 1.29 is 9.00 Å². The topological polar surface area (TPSA) is 37.4 Å². The second-order valence-corrected chi connectivity index (χ2v) is 2.74. The lowest BCUT2D eigenvalue weighted by molar-refractivity contribution is -0.122. The number of hydrogen-bond donors (Lipinski definition) is 0. The van der Waals surface area contributed by atoms with E-state index in [9.17, 15) is 9.00 Å². The molecule has 0 aliphatic rings. The van der Waals surface area contributed by atoms with E-state index >= 15 is 0 Å². The zero-order valence-electron chi connectivity index (χ0n) is 6.38. The van der Waals surface area contributed by atoms with E-state index in [1.807, 2.05) is 6.92 Å². The van der Waals surface area contributed by atoms with E-state index in [1.54, 1.807) is 7.05 Å². The van der Waals surface area contributed by atoms with Crippen LogP contribution >= 0.6 is 0 Å². The number of amides is 1. The van der Waals surface area contributed by atoms with Gasteiger partial charge < -0.3 is 4.90 Å². The lowest BCUT2D eigenvalue weighted by Crippen LogP contribution is -2.31. The molecule has 0 N–H and O–H groups in total. The van der Waals surface area contributed by atoms with Gasteiger partial charge in [-0.3, -0.25) is 4.79 Å². The van der Waals surface area contributed by atoms with Crippen LogP contribution in [0.1, 0.15) is 13.8 Å². The summed E-state index contributed by atoms with van der Waals surface area (Å²) in [6, 6.07) is 0. The number of rotatable bonds is 2. The Balaban J connectivity index is 4.22. The molecule has 3 nitrogen and oxygen atoms in total. The van der Waals surface area contributed by atoms with Crippen LogP contribution in [0.3, 0.4) is 0 Å². The first-order valence-electron chi connectivity index (χ1n) is 3.02. The molecule has 58 valence electrons. The molecule has 0 aromatic heterocycles. The molecule has 0 saturated heterocycles. The van der Waals surface area contributed by atoms with Crippen molar-refractivity contribution in [2.75, 3.05) is 13.6 Å². The summed E-state index contributed by atoms with van der Waals surface area (Å²) in [5.74, 6) is -0.178. The van der Waals surface area contributed by atoms with Crippen LogP contribution in [-0.2, 0) is 16.1 Å². The average molecular weight is 161 g/mol. The molecule has 1 amide bonds. The lowest BCUT2D eigenvalue weighted by atomic mass is 10.4. The highest BCUT2D eigenvalue weighted by Gasteiger charge is 2.08. The number of hydrogen-bond acceptors (Lipinski definition) is 2. The van der Waals surface area contributed by atoms with Crippen LogP contribution in [0.5, 0.6) is 0 Å². The first kappa shape index (κ1) is 9.36. The van der Waals surface area contributed by atoms with Crippen molar-refractivity contribution in [2.24, 2.45) is 0 Å². The second-order valence-electron chi connectivity index (χ2n) is 1.96. The molecule has 0 heterocycles. The van der Waals surface area contributed by atoms with Gasteiger partial charge in [-0.15, -0.1) is 0 Å². The van der Waals surface area contributed by atoms with Gasteiger partial charge >= 0.3 is 0 Å². The Morgan fingerprint density at radius 1 is 1.60 bits per heavy atom. The molecule has 0 aliphatic carbocycles. The first-order chi connectivity index (χ1) is 4.63. The van der Waals surface area contributed by atoms with Gasteiger partial charge in [0.1, 0.15) is 4.86 Å². The van der Waals surface area contributed by atoms with E-state index < -0.39 is 0 Å². The smallest absolute Gasteiger partial charge is 0.262 e. The summed E-state index contributed by atoms with van der Waals surface area (Å²) in [5.41, 5.74) is 0. The number of carbonyl (C=O) groups is 1. The van der Waals surface area contributed by atoms with Gasteiger partial charge in [-0.1, -0.05) is 0 Å². The Kier molecular flexibility index (Phi) is 3.95. The van der Waals surface area contributed by atoms with Gasteiger partial charge in [0, 0.05) is 13.6 Å². The highest BCUT2D eigenvalue weighted by molar-refractivity contribution is 7.68. The quantitative estimate of drug-likeness (QED) is 0.529. The van der Waals surface area contributed by atoms with Crippen LogP contribution in [0.2, 0.25) is 0 Å². The van der Waals surface area contributed by atoms with Gasteiger partial charge in [0.2, 0.25) is 0 Å². The lowest BCUT2D eigenvalue weighted by Gasteiger charge is -2.11. The fraction of sp³-hybridized carbons (Fsp3) is 0.667. The summed E-state index contributed by atoms with van der Waals surface area (Å²) in [6.07, 6.45) is 0. The van der Waals surface area contributed by atoms with Crippen LogP contribution in [0.15, 0.2) is 0 Å². The summed E-state index contributed by atoms with van der Waals surface area (Å²) in [4.78, 5) is 12.8. The van der Waals surface area contributed by atoms with Gasteiger partial charge in [-0.05, 0) is 13.8 Å². The predicted molar refractivity (Wildman–Crippen MR) is 42.1 cm³/mol. The first-order valence-corrected chi connectivity index (χ1v) is 3.76. The summed E-state index contributed by atoms with van der Waals surface area (Å²) < 4.78 is 10.1. The van der Waals surface area contributed by atoms with E-state index in [-0.39, 0.29) is 17.2 Å². The average Bonchev–Trinajstić information content (AvgIpc) is 2.00. The van der Waals surface area contributed by atoms with Gasteiger partial charge in [0.05, 0.1) is 11.3 Å². The third-order valence-electron chi connectivity index (χ3n) is 1.25. The Bertz CT molecular complexity index is 184. The Morgan fingerprint density at radius 2 is 2.10 bits per heavy atom. The fourth-order valence-electron chi connectivity index (χ4n) is 0.448. The van der Waals surface area contributed by atoms with Crippen molar-refractivity contribution in [3.05, 3.63) is 0 Å². The molecular weight excluding hydrogens is 150 g/mol. The van der Waals surface area contributed by atoms with Gasteiger partial charge in [-0.2, -0.15) is 0 Å².